The van der Waals surface area contributed by atoms with Gasteiger partial charge in [0.1, 0.15) is 5.75 Å². The standard InChI is InChI=1S/C13H14ClNO4S/c1-20(18,19)9-13(17)15-12-8-10(4-2-3-7-16)5-6-11(12)14/h5-6,8,16H,3,7,9H2,1H3,(H,15,17). The highest BCUT2D eigenvalue weighted by atomic mass is 35.5. The lowest BCUT2D eigenvalue weighted by molar-refractivity contribution is -0.113. The molecule has 0 aliphatic heterocycles. The summed E-state index contributed by atoms with van der Waals surface area (Å²) >= 11 is 5.92. The minimum atomic E-state index is -3.39. The van der Waals surface area contributed by atoms with Crippen molar-refractivity contribution >= 4 is 33.0 Å². The molecule has 0 bridgehead atoms. The molecule has 0 aliphatic carbocycles. The van der Waals surface area contributed by atoms with Gasteiger partial charge in [0.2, 0.25) is 5.91 Å². The fourth-order valence-corrected chi connectivity index (χ4v) is 2.06. The van der Waals surface area contributed by atoms with E-state index in [0.29, 0.717) is 22.7 Å². The molecule has 0 fully saturated rings. The highest BCUT2D eigenvalue weighted by Gasteiger charge is 2.12. The van der Waals surface area contributed by atoms with Gasteiger partial charge in [0.25, 0.3) is 0 Å². The topological polar surface area (TPSA) is 83.5 Å². The maximum absolute atomic E-state index is 11.5. The molecule has 0 spiro atoms. The Morgan fingerprint density at radius 3 is 2.75 bits per heavy atom. The third-order valence-electron chi connectivity index (χ3n) is 2.10. The number of nitrogens with one attached hydrogen (secondary N) is 1. The Hall–Kier alpha value is -1.55. The Kier molecular flexibility index (Phi) is 6.02. The molecule has 7 heteroatoms. The van der Waals surface area contributed by atoms with Crippen LogP contribution in [0.3, 0.4) is 0 Å². The fraction of sp³-hybridized carbons (Fsp3) is 0.308. The normalized spacial score (nSPS) is 10.6. The van der Waals surface area contributed by atoms with E-state index in [1.165, 1.54) is 0 Å². The van der Waals surface area contributed by atoms with Gasteiger partial charge in [-0.3, -0.25) is 4.79 Å². The van der Waals surface area contributed by atoms with Crippen LogP contribution in [0.4, 0.5) is 5.69 Å². The zero-order valence-corrected chi connectivity index (χ0v) is 12.4. The maximum atomic E-state index is 11.5. The molecule has 0 unspecified atom stereocenters. The molecule has 1 amide bonds. The highest BCUT2D eigenvalue weighted by molar-refractivity contribution is 7.91. The summed E-state index contributed by atoms with van der Waals surface area (Å²) in [7, 11) is -3.39. The second-order valence-electron chi connectivity index (χ2n) is 4.09. The van der Waals surface area contributed by atoms with Gasteiger partial charge in [-0.1, -0.05) is 23.4 Å². The van der Waals surface area contributed by atoms with Crippen molar-refractivity contribution in [3.05, 3.63) is 28.8 Å². The van der Waals surface area contributed by atoms with Crippen LogP contribution in [0.5, 0.6) is 0 Å². The average molecular weight is 316 g/mol. The molecule has 1 aromatic carbocycles. The van der Waals surface area contributed by atoms with Gasteiger partial charge in [-0.15, -0.1) is 0 Å². The van der Waals surface area contributed by atoms with Gasteiger partial charge in [0.15, 0.2) is 9.84 Å². The van der Waals surface area contributed by atoms with E-state index in [-0.39, 0.29) is 6.61 Å². The molecule has 0 aliphatic rings. The average Bonchev–Trinajstić information content (AvgIpc) is 2.31. The Balaban J connectivity index is 2.87. The molecule has 0 radical (unpaired) electrons. The number of amides is 1. The third-order valence-corrected chi connectivity index (χ3v) is 3.22. The summed E-state index contributed by atoms with van der Waals surface area (Å²) in [6.07, 6.45) is 1.32. The molecule has 5 nitrogen and oxygen atoms in total. The predicted octanol–water partition coefficient (Wildman–Crippen LogP) is 1.06. The molecule has 108 valence electrons. The molecule has 0 aromatic heterocycles. The summed E-state index contributed by atoms with van der Waals surface area (Å²) in [5.41, 5.74) is 0.911. The van der Waals surface area contributed by atoms with Crippen LogP contribution in [0.15, 0.2) is 18.2 Å². The molecule has 1 aromatic rings. The Morgan fingerprint density at radius 1 is 1.45 bits per heavy atom. The summed E-state index contributed by atoms with van der Waals surface area (Å²) in [5, 5.41) is 11.4. The van der Waals surface area contributed by atoms with Crippen LogP contribution in [0.25, 0.3) is 0 Å². The van der Waals surface area contributed by atoms with Crippen LogP contribution in [-0.4, -0.2) is 38.0 Å². The number of sulfone groups is 1. The molecule has 0 atom stereocenters. The smallest absolute Gasteiger partial charge is 0.239 e. The molecular weight excluding hydrogens is 302 g/mol. The lowest BCUT2D eigenvalue weighted by Crippen LogP contribution is -2.22. The number of anilines is 1. The zero-order chi connectivity index (χ0) is 15.2. The van der Waals surface area contributed by atoms with Crippen molar-refractivity contribution in [2.45, 2.75) is 6.42 Å². The van der Waals surface area contributed by atoms with Gasteiger partial charge in [-0.05, 0) is 18.2 Å². The number of benzene rings is 1. The Morgan fingerprint density at radius 2 is 2.15 bits per heavy atom. The minimum absolute atomic E-state index is 0.0292. The van der Waals surface area contributed by atoms with Crippen molar-refractivity contribution in [3.63, 3.8) is 0 Å². The number of halogens is 1. The largest absolute Gasteiger partial charge is 0.395 e. The van der Waals surface area contributed by atoms with E-state index in [1.54, 1.807) is 18.2 Å². The summed E-state index contributed by atoms with van der Waals surface area (Å²) in [6.45, 7) is -0.0292. The lowest BCUT2D eigenvalue weighted by Gasteiger charge is -2.07. The fourth-order valence-electron chi connectivity index (χ4n) is 1.34. The van der Waals surface area contributed by atoms with Gasteiger partial charge >= 0.3 is 0 Å². The van der Waals surface area contributed by atoms with Gasteiger partial charge in [0.05, 0.1) is 17.3 Å². The van der Waals surface area contributed by atoms with Gasteiger partial charge in [-0.2, -0.15) is 0 Å². The van der Waals surface area contributed by atoms with E-state index in [9.17, 15) is 13.2 Å². The van der Waals surface area contributed by atoms with Gasteiger partial charge in [0, 0.05) is 18.2 Å². The van der Waals surface area contributed by atoms with Crippen LogP contribution in [0.2, 0.25) is 5.02 Å². The van der Waals surface area contributed by atoms with Crippen molar-refractivity contribution in [2.75, 3.05) is 23.9 Å². The zero-order valence-electron chi connectivity index (χ0n) is 10.8. The van der Waals surface area contributed by atoms with Gasteiger partial charge < -0.3 is 10.4 Å². The second-order valence-corrected chi connectivity index (χ2v) is 6.64. The first-order chi connectivity index (χ1) is 9.31. The monoisotopic (exact) mass is 315 g/mol. The van der Waals surface area contributed by atoms with Crippen LogP contribution in [0, 0.1) is 11.8 Å². The van der Waals surface area contributed by atoms with E-state index < -0.39 is 21.5 Å². The van der Waals surface area contributed by atoms with E-state index in [0.717, 1.165) is 6.26 Å². The number of carbonyl (C=O) groups is 1. The summed E-state index contributed by atoms with van der Waals surface area (Å²) in [6, 6.07) is 4.77. The minimum Gasteiger partial charge on any atom is -0.395 e. The molecule has 2 N–H and O–H groups in total. The Labute approximate surface area is 122 Å². The van der Waals surface area contributed by atoms with Crippen molar-refractivity contribution in [1.29, 1.82) is 0 Å². The summed E-state index contributed by atoms with van der Waals surface area (Å²) < 4.78 is 22.0. The quantitative estimate of drug-likeness (QED) is 0.814. The van der Waals surface area contributed by atoms with E-state index in [1.807, 2.05) is 0 Å². The maximum Gasteiger partial charge on any atom is 0.239 e. The molecule has 0 heterocycles. The molecular formula is C13H14ClNO4S. The number of hydrogen-bond donors (Lipinski definition) is 2. The summed E-state index contributed by atoms with van der Waals surface area (Å²) in [5.74, 6) is 4.27. The Bertz CT molecular complexity index is 659. The van der Waals surface area contributed by atoms with E-state index in [2.05, 4.69) is 17.2 Å². The van der Waals surface area contributed by atoms with E-state index >= 15 is 0 Å². The van der Waals surface area contributed by atoms with Crippen molar-refractivity contribution in [1.82, 2.24) is 0 Å². The molecule has 1 rings (SSSR count). The van der Waals surface area contributed by atoms with Crippen molar-refractivity contribution < 1.29 is 18.3 Å². The van der Waals surface area contributed by atoms with Crippen LogP contribution in [0.1, 0.15) is 12.0 Å². The first-order valence-corrected chi connectivity index (χ1v) is 8.12. The number of carbonyl (C=O) groups excluding carboxylic acids is 1. The second kappa shape index (κ2) is 7.29. The van der Waals surface area contributed by atoms with Crippen LogP contribution in [-0.2, 0) is 14.6 Å². The molecule has 0 saturated heterocycles. The van der Waals surface area contributed by atoms with Gasteiger partial charge in [-0.25, -0.2) is 8.42 Å². The van der Waals surface area contributed by atoms with E-state index in [4.69, 9.17) is 16.7 Å². The van der Waals surface area contributed by atoms with Crippen molar-refractivity contribution in [3.8, 4) is 11.8 Å². The molecule has 20 heavy (non-hydrogen) atoms. The number of rotatable bonds is 4. The van der Waals surface area contributed by atoms with Crippen LogP contribution < -0.4 is 5.32 Å². The third kappa shape index (κ3) is 6.06. The summed E-state index contributed by atoms with van der Waals surface area (Å²) in [4.78, 5) is 11.5. The number of aliphatic hydroxyl groups is 1. The first kappa shape index (κ1) is 16.5. The first-order valence-electron chi connectivity index (χ1n) is 5.68. The SMILES string of the molecule is CS(=O)(=O)CC(=O)Nc1cc(C#CCCO)ccc1Cl. The number of aliphatic hydroxyl groups excluding tert-OH is 1. The lowest BCUT2D eigenvalue weighted by atomic mass is 10.2. The predicted molar refractivity (Wildman–Crippen MR) is 78.4 cm³/mol. The highest BCUT2D eigenvalue weighted by Crippen LogP contribution is 2.22. The van der Waals surface area contributed by atoms with Crippen molar-refractivity contribution in [2.24, 2.45) is 0 Å². The molecule has 0 saturated carbocycles. The number of hydrogen-bond acceptors (Lipinski definition) is 4. The van der Waals surface area contributed by atoms with Crippen LogP contribution >= 0.6 is 11.6 Å².